The highest BCUT2D eigenvalue weighted by atomic mass is 35.5. The van der Waals surface area contributed by atoms with Gasteiger partial charge in [0.1, 0.15) is 5.65 Å². The molecule has 3 aromatic rings. The number of rotatable bonds is 2. The lowest BCUT2D eigenvalue weighted by Crippen LogP contribution is -2.17. The molecule has 19 heavy (non-hydrogen) atoms. The van der Waals surface area contributed by atoms with Crippen LogP contribution in [0.3, 0.4) is 0 Å². The number of aromatic nitrogens is 4. The van der Waals surface area contributed by atoms with Crippen molar-refractivity contribution in [3.63, 3.8) is 0 Å². The number of nitrogens with one attached hydrogen (secondary N) is 2. The Morgan fingerprint density at radius 3 is 3.16 bits per heavy atom. The fourth-order valence-electron chi connectivity index (χ4n) is 1.66. The van der Waals surface area contributed by atoms with Crippen LogP contribution >= 0.6 is 11.6 Å². The quantitative estimate of drug-likeness (QED) is 0.742. The maximum absolute atomic E-state index is 11.4. The number of pyridine rings is 1. The zero-order valence-electron chi connectivity index (χ0n) is 9.77. The molecule has 0 saturated carbocycles. The second-order valence-electron chi connectivity index (χ2n) is 3.73. The monoisotopic (exact) mass is 277 g/mol. The maximum atomic E-state index is 11.4. The Morgan fingerprint density at radius 1 is 1.53 bits per heavy atom. The molecular weight excluding hydrogens is 270 g/mol. The predicted octanol–water partition coefficient (Wildman–Crippen LogP) is 1.63. The maximum Gasteiger partial charge on any atom is 0.316 e. The van der Waals surface area contributed by atoms with E-state index < -0.39 is 5.91 Å². The van der Waals surface area contributed by atoms with Crippen molar-refractivity contribution >= 4 is 28.5 Å². The van der Waals surface area contributed by atoms with E-state index >= 15 is 0 Å². The first-order chi connectivity index (χ1) is 9.20. The van der Waals surface area contributed by atoms with Crippen LogP contribution in [-0.4, -0.2) is 33.1 Å². The molecule has 3 heterocycles. The third-order valence-corrected chi connectivity index (χ3v) is 3.02. The molecule has 0 atom stereocenters. The molecule has 8 heteroatoms. The minimum atomic E-state index is -0.453. The van der Waals surface area contributed by atoms with Crippen LogP contribution in [0.15, 0.2) is 23.0 Å². The van der Waals surface area contributed by atoms with Crippen molar-refractivity contribution in [1.29, 1.82) is 0 Å². The molecule has 0 aliphatic heterocycles. The number of aromatic amines is 1. The summed E-state index contributed by atoms with van der Waals surface area (Å²) in [5.41, 5.74) is 1.18. The number of nitrogens with zero attached hydrogens (tertiary/aromatic N) is 3. The number of fused-ring (bicyclic) bond motifs is 1. The van der Waals surface area contributed by atoms with Crippen LogP contribution in [-0.2, 0) is 0 Å². The zero-order chi connectivity index (χ0) is 13.4. The molecule has 0 spiro atoms. The van der Waals surface area contributed by atoms with Crippen molar-refractivity contribution in [3.8, 4) is 11.4 Å². The van der Waals surface area contributed by atoms with Crippen LogP contribution in [0, 0.1) is 0 Å². The SMILES string of the molecule is CNC(=O)c1nc(-c2cnc3[nH]ccc3c2Cl)no1. The first kappa shape index (κ1) is 11.7. The van der Waals surface area contributed by atoms with E-state index in [4.69, 9.17) is 16.1 Å². The Labute approximate surface area is 112 Å². The third kappa shape index (κ3) is 1.84. The van der Waals surface area contributed by atoms with Gasteiger partial charge in [-0.15, -0.1) is 0 Å². The van der Waals surface area contributed by atoms with Gasteiger partial charge in [0.2, 0.25) is 5.82 Å². The van der Waals surface area contributed by atoms with Gasteiger partial charge in [-0.25, -0.2) is 4.98 Å². The van der Waals surface area contributed by atoms with Gasteiger partial charge in [0.05, 0.1) is 10.6 Å². The van der Waals surface area contributed by atoms with Crippen molar-refractivity contribution in [2.75, 3.05) is 7.05 Å². The lowest BCUT2D eigenvalue weighted by Gasteiger charge is -1.99. The van der Waals surface area contributed by atoms with Gasteiger partial charge in [-0.3, -0.25) is 4.79 Å². The Kier molecular flexibility index (Phi) is 2.68. The Bertz CT molecular complexity index is 763. The minimum absolute atomic E-state index is 0.122. The van der Waals surface area contributed by atoms with Crippen LogP contribution in [0.5, 0.6) is 0 Å². The summed E-state index contributed by atoms with van der Waals surface area (Å²) < 4.78 is 4.85. The summed E-state index contributed by atoms with van der Waals surface area (Å²) in [6, 6.07) is 1.80. The van der Waals surface area contributed by atoms with E-state index in [1.165, 1.54) is 13.2 Å². The van der Waals surface area contributed by atoms with E-state index in [0.29, 0.717) is 16.2 Å². The van der Waals surface area contributed by atoms with Gasteiger partial charge < -0.3 is 14.8 Å². The molecule has 3 aromatic heterocycles. The highest BCUT2D eigenvalue weighted by Crippen LogP contribution is 2.30. The van der Waals surface area contributed by atoms with Crippen LogP contribution in [0.1, 0.15) is 10.7 Å². The molecule has 3 rings (SSSR count). The number of hydrogen-bond acceptors (Lipinski definition) is 5. The van der Waals surface area contributed by atoms with E-state index in [1.807, 2.05) is 0 Å². The van der Waals surface area contributed by atoms with E-state index in [1.54, 1.807) is 12.3 Å². The normalized spacial score (nSPS) is 10.8. The standard InChI is InChI=1S/C11H8ClN5O2/c1-13-10(18)11-16-9(17-19-11)6-4-15-8-5(7(6)12)2-3-14-8/h2-4H,1H3,(H,13,18)(H,14,15). The van der Waals surface area contributed by atoms with E-state index in [0.717, 1.165) is 5.39 Å². The van der Waals surface area contributed by atoms with Crippen LogP contribution in [0.4, 0.5) is 0 Å². The molecule has 0 fully saturated rings. The van der Waals surface area contributed by atoms with E-state index in [-0.39, 0.29) is 11.7 Å². The first-order valence-electron chi connectivity index (χ1n) is 5.38. The molecular formula is C11H8ClN5O2. The molecule has 1 amide bonds. The Balaban J connectivity index is 2.11. The van der Waals surface area contributed by atoms with Crippen molar-refractivity contribution in [3.05, 3.63) is 29.4 Å². The summed E-state index contributed by atoms with van der Waals surface area (Å²) in [7, 11) is 1.48. The van der Waals surface area contributed by atoms with Crippen LogP contribution in [0.25, 0.3) is 22.4 Å². The average Bonchev–Trinajstić information content (AvgIpc) is 3.07. The fourth-order valence-corrected chi connectivity index (χ4v) is 1.95. The third-order valence-electron chi connectivity index (χ3n) is 2.61. The van der Waals surface area contributed by atoms with Gasteiger partial charge in [-0.1, -0.05) is 16.8 Å². The van der Waals surface area contributed by atoms with E-state index in [2.05, 4.69) is 25.4 Å². The molecule has 0 aliphatic rings. The molecule has 96 valence electrons. The number of halogens is 1. The van der Waals surface area contributed by atoms with Crippen molar-refractivity contribution < 1.29 is 9.32 Å². The number of carbonyl (C=O) groups is 1. The summed E-state index contributed by atoms with van der Waals surface area (Å²) in [4.78, 5) is 22.5. The molecule has 7 nitrogen and oxygen atoms in total. The summed E-state index contributed by atoms with van der Waals surface area (Å²) >= 11 is 6.26. The van der Waals surface area contributed by atoms with Gasteiger partial charge in [0.15, 0.2) is 0 Å². The molecule has 0 bridgehead atoms. The summed E-state index contributed by atoms with van der Waals surface area (Å²) in [5.74, 6) is -0.354. The molecule has 0 unspecified atom stereocenters. The largest absolute Gasteiger partial charge is 0.351 e. The first-order valence-corrected chi connectivity index (χ1v) is 5.76. The highest BCUT2D eigenvalue weighted by Gasteiger charge is 2.18. The van der Waals surface area contributed by atoms with Crippen LogP contribution < -0.4 is 5.32 Å². The smallest absolute Gasteiger partial charge is 0.316 e. The number of hydrogen-bond donors (Lipinski definition) is 2. The topological polar surface area (TPSA) is 96.7 Å². The number of carbonyl (C=O) groups excluding carboxylic acids is 1. The Hall–Kier alpha value is -2.41. The van der Waals surface area contributed by atoms with Gasteiger partial charge in [0.25, 0.3) is 0 Å². The second-order valence-corrected chi connectivity index (χ2v) is 4.11. The molecule has 0 aromatic carbocycles. The second kappa shape index (κ2) is 4.36. The van der Waals surface area contributed by atoms with Crippen molar-refractivity contribution in [2.45, 2.75) is 0 Å². The van der Waals surface area contributed by atoms with Crippen molar-refractivity contribution in [2.24, 2.45) is 0 Å². The minimum Gasteiger partial charge on any atom is -0.351 e. The number of H-pyrrole nitrogens is 1. The molecule has 2 N–H and O–H groups in total. The molecule has 0 saturated heterocycles. The van der Waals surface area contributed by atoms with Gasteiger partial charge in [-0.2, -0.15) is 4.98 Å². The van der Waals surface area contributed by atoms with E-state index in [9.17, 15) is 4.79 Å². The van der Waals surface area contributed by atoms with Gasteiger partial charge >= 0.3 is 11.8 Å². The molecule has 0 radical (unpaired) electrons. The lowest BCUT2D eigenvalue weighted by atomic mass is 10.2. The molecule has 0 aliphatic carbocycles. The average molecular weight is 278 g/mol. The van der Waals surface area contributed by atoms with Gasteiger partial charge in [-0.05, 0) is 6.07 Å². The number of amides is 1. The zero-order valence-corrected chi connectivity index (χ0v) is 10.5. The van der Waals surface area contributed by atoms with Gasteiger partial charge in [0, 0.05) is 24.8 Å². The van der Waals surface area contributed by atoms with Crippen molar-refractivity contribution in [1.82, 2.24) is 25.4 Å². The van der Waals surface area contributed by atoms with Crippen LogP contribution in [0.2, 0.25) is 5.02 Å². The highest BCUT2D eigenvalue weighted by molar-refractivity contribution is 6.37. The summed E-state index contributed by atoms with van der Waals surface area (Å²) in [5, 5.41) is 7.33. The Morgan fingerprint density at radius 2 is 2.37 bits per heavy atom. The summed E-state index contributed by atoms with van der Waals surface area (Å²) in [6.07, 6.45) is 3.26. The summed E-state index contributed by atoms with van der Waals surface area (Å²) in [6.45, 7) is 0. The fraction of sp³-hybridized carbons (Fsp3) is 0.0909. The predicted molar refractivity (Wildman–Crippen MR) is 67.8 cm³/mol. The lowest BCUT2D eigenvalue weighted by molar-refractivity contribution is 0.0919.